The van der Waals surface area contributed by atoms with Gasteiger partial charge in [0.25, 0.3) is 5.91 Å². The molecule has 3 rings (SSSR count). The number of nitrogens with zero attached hydrogens (tertiary/aromatic N) is 2. The fraction of sp³-hybridized carbons (Fsp3) is 0.600. The molecular weight excluding hydrogens is 252 g/mol. The molecule has 1 amide bonds. The molecule has 0 aliphatic carbocycles. The zero-order valence-electron chi connectivity index (χ0n) is 10.2. The molecule has 0 saturated carbocycles. The summed E-state index contributed by atoms with van der Waals surface area (Å²) >= 11 is 0. The summed E-state index contributed by atoms with van der Waals surface area (Å²) in [5.41, 5.74) is 5.96. The first-order valence-electron chi connectivity index (χ1n) is 6.06. The van der Waals surface area contributed by atoms with E-state index in [0.717, 1.165) is 0 Å². The fourth-order valence-corrected chi connectivity index (χ4v) is 2.24. The zero-order chi connectivity index (χ0) is 13.4. The van der Waals surface area contributed by atoms with Crippen LogP contribution in [-0.2, 0) is 4.74 Å². The standard InChI is InChI=1S/C10H16N6O3/c11-10-14-8-7(9(18)15-10)13-4-16(8)6-2-12-1-5(3-17)19-6/h4-6,10,12,14,17H,1-3,11H2,(H,15,18)/t5-,6+,10?/m0/s1. The van der Waals surface area contributed by atoms with E-state index in [-0.39, 0.29) is 30.5 Å². The lowest BCUT2D eigenvalue weighted by atomic mass is 10.3. The van der Waals surface area contributed by atoms with E-state index in [2.05, 4.69) is 20.9 Å². The van der Waals surface area contributed by atoms with Crippen molar-refractivity contribution < 1.29 is 14.6 Å². The molecule has 2 aliphatic heterocycles. The number of carbonyl (C=O) groups is 1. The number of imidazole rings is 1. The van der Waals surface area contributed by atoms with Crippen LogP contribution in [-0.4, -0.2) is 52.7 Å². The minimum Gasteiger partial charge on any atom is -0.394 e. The van der Waals surface area contributed by atoms with E-state index in [1.54, 1.807) is 4.57 Å². The number of hydrogen-bond acceptors (Lipinski definition) is 7. The summed E-state index contributed by atoms with van der Waals surface area (Å²) in [6.07, 6.45) is 0.262. The Hall–Kier alpha value is -1.68. The van der Waals surface area contributed by atoms with E-state index in [0.29, 0.717) is 18.9 Å². The number of rotatable bonds is 2. The number of hydrogen-bond donors (Lipinski definition) is 5. The van der Waals surface area contributed by atoms with Crippen LogP contribution in [0.25, 0.3) is 0 Å². The summed E-state index contributed by atoms with van der Waals surface area (Å²) in [5.74, 6) is 0.212. The van der Waals surface area contributed by atoms with Gasteiger partial charge in [-0.3, -0.25) is 15.1 Å². The van der Waals surface area contributed by atoms with Crippen LogP contribution < -0.4 is 21.7 Å². The van der Waals surface area contributed by atoms with Crippen LogP contribution in [0.5, 0.6) is 0 Å². The Morgan fingerprint density at radius 1 is 1.53 bits per heavy atom. The first kappa shape index (κ1) is 12.4. The van der Waals surface area contributed by atoms with Gasteiger partial charge in [0, 0.05) is 13.1 Å². The smallest absolute Gasteiger partial charge is 0.276 e. The Bertz CT molecular complexity index is 490. The monoisotopic (exact) mass is 268 g/mol. The highest BCUT2D eigenvalue weighted by molar-refractivity contribution is 5.98. The molecule has 1 aromatic rings. The summed E-state index contributed by atoms with van der Waals surface area (Å²) in [5, 5.41) is 17.8. The van der Waals surface area contributed by atoms with E-state index in [9.17, 15) is 4.79 Å². The molecule has 104 valence electrons. The van der Waals surface area contributed by atoms with Gasteiger partial charge in [0.1, 0.15) is 12.0 Å². The van der Waals surface area contributed by atoms with Crippen molar-refractivity contribution in [3.05, 3.63) is 12.0 Å². The maximum absolute atomic E-state index is 11.7. The zero-order valence-corrected chi connectivity index (χ0v) is 10.2. The van der Waals surface area contributed by atoms with Crippen LogP contribution >= 0.6 is 0 Å². The van der Waals surface area contributed by atoms with Gasteiger partial charge in [0.05, 0.1) is 19.0 Å². The van der Waals surface area contributed by atoms with Crippen molar-refractivity contribution in [1.29, 1.82) is 0 Å². The quantitative estimate of drug-likeness (QED) is 0.410. The maximum atomic E-state index is 11.7. The SMILES string of the molecule is NC1NC(=O)c2ncn([C@H]3CNC[C@@H](CO)O3)c2N1. The Labute approximate surface area is 109 Å². The van der Waals surface area contributed by atoms with Gasteiger partial charge in [-0.05, 0) is 0 Å². The van der Waals surface area contributed by atoms with E-state index in [1.807, 2.05) is 0 Å². The first-order valence-corrected chi connectivity index (χ1v) is 6.06. The molecule has 1 aromatic heterocycles. The highest BCUT2D eigenvalue weighted by atomic mass is 16.5. The number of aliphatic hydroxyl groups is 1. The van der Waals surface area contributed by atoms with Crippen molar-refractivity contribution in [3.63, 3.8) is 0 Å². The summed E-state index contributed by atoms with van der Waals surface area (Å²) in [6.45, 7) is 1.10. The molecule has 0 spiro atoms. The second-order valence-corrected chi connectivity index (χ2v) is 4.50. The number of fused-ring (bicyclic) bond motifs is 1. The Kier molecular flexibility index (Phi) is 3.11. The molecule has 1 unspecified atom stereocenters. The summed E-state index contributed by atoms with van der Waals surface area (Å²) in [4.78, 5) is 15.8. The highest BCUT2D eigenvalue weighted by Gasteiger charge is 2.31. The highest BCUT2D eigenvalue weighted by Crippen LogP contribution is 2.25. The number of amides is 1. The summed E-state index contributed by atoms with van der Waals surface area (Å²) in [6, 6.07) is 0. The average Bonchev–Trinajstić information content (AvgIpc) is 2.82. The largest absolute Gasteiger partial charge is 0.394 e. The van der Waals surface area contributed by atoms with E-state index < -0.39 is 6.29 Å². The van der Waals surface area contributed by atoms with E-state index in [1.165, 1.54) is 6.33 Å². The fourth-order valence-electron chi connectivity index (χ4n) is 2.24. The molecule has 6 N–H and O–H groups in total. The van der Waals surface area contributed by atoms with Gasteiger partial charge in [-0.15, -0.1) is 0 Å². The van der Waals surface area contributed by atoms with Crippen molar-refractivity contribution in [2.45, 2.75) is 18.6 Å². The molecule has 3 heterocycles. The average molecular weight is 268 g/mol. The molecule has 1 fully saturated rings. The van der Waals surface area contributed by atoms with Crippen LogP contribution in [0.15, 0.2) is 6.33 Å². The molecule has 9 heteroatoms. The molecular formula is C10H16N6O3. The third kappa shape index (κ3) is 2.16. The molecule has 2 aliphatic rings. The van der Waals surface area contributed by atoms with Crippen LogP contribution in [0.2, 0.25) is 0 Å². The first-order chi connectivity index (χ1) is 9.19. The van der Waals surface area contributed by atoms with Gasteiger partial charge in [-0.2, -0.15) is 0 Å². The molecule has 0 aromatic carbocycles. The number of nitrogens with two attached hydrogens (primary N) is 1. The second-order valence-electron chi connectivity index (χ2n) is 4.50. The molecule has 19 heavy (non-hydrogen) atoms. The van der Waals surface area contributed by atoms with Crippen molar-refractivity contribution >= 4 is 11.7 Å². The molecule has 1 saturated heterocycles. The predicted octanol–water partition coefficient (Wildman–Crippen LogP) is -2.24. The van der Waals surface area contributed by atoms with Crippen LogP contribution in [0, 0.1) is 0 Å². The van der Waals surface area contributed by atoms with Crippen LogP contribution in [0.1, 0.15) is 16.7 Å². The van der Waals surface area contributed by atoms with Gasteiger partial charge in [0.15, 0.2) is 12.0 Å². The number of ether oxygens (including phenoxy) is 1. The van der Waals surface area contributed by atoms with Gasteiger partial charge in [-0.25, -0.2) is 4.98 Å². The number of nitrogens with one attached hydrogen (secondary N) is 3. The van der Waals surface area contributed by atoms with Gasteiger partial charge in [0.2, 0.25) is 0 Å². The van der Waals surface area contributed by atoms with Crippen molar-refractivity contribution in [2.75, 3.05) is 25.0 Å². The molecule has 0 bridgehead atoms. The Morgan fingerprint density at radius 3 is 3.16 bits per heavy atom. The minimum absolute atomic E-state index is 0.0617. The van der Waals surface area contributed by atoms with E-state index in [4.69, 9.17) is 15.6 Å². The van der Waals surface area contributed by atoms with Crippen LogP contribution in [0.4, 0.5) is 5.82 Å². The van der Waals surface area contributed by atoms with Gasteiger partial charge in [-0.1, -0.05) is 0 Å². The van der Waals surface area contributed by atoms with Gasteiger partial charge < -0.3 is 25.8 Å². The third-order valence-corrected chi connectivity index (χ3v) is 3.14. The lowest BCUT2D eigenvalue weighted by molar-refractivity contribution is -0.0940. The number of aliphatic hydroxyl groups excluding tert-OH is 1. The van der Waals surface area contributed by atoms with Crippen molar-refractivity contribution in [2.24, 2.45) is 5.73 Å². The summed E-state index contributed by atoms with van der Waals surface area (Å²) < 4.78 is 7.43. The lowest BCUT2D eigenvalue weighted by Crippen LogP contribution is -2.51. The molecule has 0 radical (unpaired) electrons. The number of carbonyl (C=O) groups excluding carboxylic acids is 1. The molecule has 3 atom stereocenters. The lowest BCUT2D eigenvalue weighted by Gasteiger charge is -2.32. The van der Waals surface area contributed by atoms with Crippen molar-refractivity contribution in [1.82, 2.24) is 20.2 Å². The topological polar surface area (TPSA) is 126 Å². The summed E-state index contributed by atoms with van der Waals surface area (Å²) in [7, 11) is 0. The Morgan fingerprint density at radius 2 is 2.37 bits per heavy atom. The van der Waals surface area contributed by atoms with Crippen molar-refractivity contribution in [3.8, 4) is 0 Å². The maximum Gasteiger partial charge on any atom is 0.276 e. The van der Waals surface area contributed by atoms with E-state index >= 15 is 0 Å². The van der Waals surface area contributed by atoms with Crippen LogP contribution in [0.3, 0.4) is 0 Å². The van der Waals surface area contributed by atoms with Gasteiger partial charge >= 0.3 is 0 Å². The number of anilines is 1. The number of morpholine rings is 1. The number of aromatic nitrogens is 2. The normalized spacial score (nSPS) is 30.4. The third-order valence-electron chi connectivity index (χ3n) is 3.14. The molecule has 9 nitrogen and oxygen atoms in total. The predicted molar refractivity (Wildman–Crippen MR) is 65.2 cm³/mol. The minimum atomic E-state index is -0.652. The second kappa shape index (κ2) is 4.78. The Balaban J connectivity index is 1.87.